The number of fused-ring (bicyclic) bond motifs is 2. The van der Waals surface area contributed by atoms with Crippen LogP contribution in [0.3, 0.4) is 0 Å². The van der Waals surface area contributed by atoms with Crippen LogP contribution in [0.4, 0.5) is 10.2 Å². The Labute approximate surface area is 187 Å². The molecule has 5 rings (SSSR count). The van der Waals surface area contributed by atoms with Crippen LogP contribution in [0.5, 0.6) is 5.75 Å². The number of phenolic OH excluding ortho intramolecular Hbond substituents is 1. The zero-order valence-electron chi connectivity index (χ0n) is 18.9. The van der Waals surface area contributed by atoms with E-state index in [1.54, 1.807) is 12.3 Å². The summed E-state index contributed by atoms with van der Waals surface area (Å²) < 4.78 is 14.7. The van der Waals surface area contributed by atoms with Crippen LogP contribution in [-0.4, -0.2) is 38.6 Å². The lowest BCUT2D eigenvalue weighted by atomic mass is 9.55. The van der Waals surface area contributed by atoms with Crippen LogP contribution in [-0.2, 0) is 0 Å². The minimum Gasteiger partial charge on any atom is -0.507 e. The summed E-state index contributed by atoms with van der Waals surface area (Å²) in [4.78, 5) is 2.25. The first-order chi connectivity index (χ1) is 15.3. The van der Waals surface area contributed by atoms with Gasteiger partial charge in [0, 0.05) is 36.0 Å². The second-order valence-electron chi connectivity index (χ2n) is 10.4. The number of nitrogens with one attached hydrogen (secondary N) is 1. The number of H-pyrrole nitrogens is 1. The van der Waals surface area contributed by atoms with E-state index in [9.17, 15) is 9.50 Å². The molecule has 2 aromatic heterocycles. The first kappa shape index (κ1) is 20.9. The molecule has 32 heavy (non-hydrogen) atoms. The van der Waals surface area contributed by atoms with Crippen molar-refractivity contribution in [1.29, 1.82) is 0 Å². The topological polar surface area (TPSA) is 77.9 Å². The van der Waals surface area contributed by atoms with Crippen LogP contribution in [0.15, 0.2) is 36.7 Å². The molecule has 7 heteroatoms. The summed E-state index contributed by atoms with van der Waals surface area (Å²) in [6.07, 6.45) is 10.7. The lowest BCUT2D eigenvalue weighted by molar-refractivity contribution is 0.0141. The third kappa shape index (κ3) is 3.74. The number of rotatable bonds is 4. The van der Waals surface area contributed by atoms with E-state index in [-0.39, 0.29) is 11.3 Å². The van der Waals surface area contributed by atoms with Gasteiger partial charge in [-0.15, -0.1) is 10.2 Å². The Balaban J connectivity index is 1.38. The first-order valence-electron chi connectivity index (χ1n) is 11.3. The molecule has 2 aliphatic rings. The molecule has 2 bridgehead atoms. The molecule has 0 aliphatic heterocycles. The highest BCUT2D eigenvalue weighted by molar-refractivity contribution is 5.74. The summed E-state index contributed by atoms with van der Waals surface area (Å²) in [5.41, 5.74) is 2.43. The highest BCUT2D eigenvalue weighted by atomic mass is 19.1. The number of aromatic nitrogens is 4. The molecule has 6 nitrogen and oxygen atoms in total. The van der Waals surface area contributed by atoms with E-state index in [1.807, 2.05) is 6.07 Å². The molecular formula is C25H30FN5O. The lowest BCUT2D eigenvalue weighted by Gasteiger charge is -2.54. The molecule has 2 aliphatic carbocycles. The van der Waals surface area contributed by atoms with Crippen molar-refractivity contribution in [2.45, 2.75) is 58.4 Å². The Kier molecular flexibility index (Phi) is 4.95. The van der Waals surface area contributed by atoms with Crippen LogP contribution in [0.1, 0.15) is 52.4 Å². The highest BCUT2D eigenvalue weighted by Gasteiger charge is 2.47. The monoisotopic (exact) mass is 435 g/mol. The maximum atomic E-state index is 14.7. The van der Waals surface area contributed by atoms with E-state index in [0.717, 1.165) is 5.82 Å². The normalized spacial score (nSPS) is 27.3. The molecule has 0 spiro atoms. The lowest BCUT2D eigenvalue weighted by Crippen LogP contribution is -2.49. The number of aromatic hydroxyl groups is 1. The molecule has 168 valence electrons. The van der Waals surface area contributed by atoms with Gasteiger partial charge < -0.3 is 10.0 Å². The van der Waals surface area contributed by atoms with Crippen molar-refractivity contribution < 1.29 is 9.50 Å². The van der Waals surface area contributed by atoms with Crippen LogP contribution in [0.25, 0.3) is 22.4 Å². The average molecular weight is 436 g/mol. The third-order valence-electron chi connectivity index (χ3n) is 7.60. The Morgan fingerprint density at radius 1 is 1.09 bits per heavy atom. The molecular weight excluding hydrogens is 405 g/mol. The van der Waals surface area contributed by atoms with E-state index in [0.29, 0.717) is 33.7 Å². The van der Waals surface area contributed by atoms with Gasteiger partial charge in [0.05, 0.1) is 11.9 Å². The molecule has 0 saturated heterocycles. The van der Waals surface area contributed by atoms with Crippen LogP contribution >= 0.6 is 0 Å². The van der Waals surface area contributed by atoms with Crippen LogP contribution in [0.2, 0.25) is 0 Å². The molecule has 2 saturated carbocycles. The fourth-order valence-electron chi connectivity index (χ4n) is 6.21. The quantitative estimate of drug-likeness (QED) is 0.561. The molecule has 3 aromatic rings. The molecule has 3 atom stereocenters. The third-order valence-corrected chi connectivity index (χ3v) is 7.60. The minimum atomic E-state index is -0.447. The van der Waals surface area contributed by atoms with Crippen molar-refractivity contribution in [3.8, 4) is 28.1 Å². The highest BCUT2D eigenvalue weighted by Crippen LogP contribution is 2.56. The van der Waals surface area contributed by atoms with E-state index in [1.165, 1.54) is 56.9 Å². The minimum absolute atomic E-state index is 0.0426. The van der Waals surface area contributed by atoms with Gasteiger partial charge in [-0.3, -0.25) is 5.10 Å². The van der Waals surface area contributed by atoms with E-state index in [4.69, 9.17) is 0 Å². The number of benzene rings is 1. The summed E-state index contributed by atoms with van der Waals surface area (Å²) in [5, 5.41) is 25.8. The summed E-state index contributed by atoms with van der Waals surface area (Å²) in [6, 6.07) is 6.85. The number of anilines is 1. The molecule has 2 fully saturated rings. The predicted octanol–water partition coefficient (Wildman–Crippen LogP) is 5.56. The number of nitrogens with zero attached hydrogens (tertiary/aromatic N) is 4. The Morgan fingerprint density at radius 3 is 2.47 bits per heavy atom. The van der Waals surface area contributed by atoms with E-state index in [2.05, 4.69) is 46.2 Å². The number of phenols is 1. The van der Waals surface area contributed by atoms with E-state index < -0.39 is 5.82 Å². The number of halogens is 1. The van der Waals surface area contributed by atoms with Crippen molar-refractivity contribution in [2.24, 2.45) is 10.8 Å². The Hall–Kier alpha value is -2.96. The summed E-state index contributed by atoms with van der Waals surface area (Å²) in [5.74, 6) is 0.317. The van der Waals surface area contributed by atoms with Gasteiger partial charge in [0.15, 0.2) is 5.82 Å². The Morgan fingerprint density at radius 2 is 1.84 bits per heavy atom. The van der Waals surface area contributed by atoms with Crippen molar-refractivity contribution in [2.75, 3.05) is 11.9 Å². The molecule has 1 aromatic carbocycles. The SMILES string of the molecule is CN(c1ccc(-c2cc(F)c(-c3cn[nH]c3)cc2O)nn1)[C@H]1C[C@]2(C)CCC[C@](C)(C1)C2. The largest absolute Gasteiger partial charge is 0.507 e. The number of hydrogen-bond donors (Lipinski definition) is 2. The molecule has 0 amide bonds. The maximum absolute atomic E-state index is 14.7. The second kappa shape index (κ2) is 7.57. The van der Waals surface area contributed by atoms with Crippen LogP contribution in [0, 0.1) is 16.6 Å². The van der Waals surface area contributed by atoms with Gasteiger partial charge in [0.2, 0.25) is 0 Å². The number of aromatic amines is 1. The standard InChI is InChI=1S/C25H30FN5O/c1-24-7-4-8-25(2,15-24)12-17(11-24)31(3)23-6-5-21(29-30-23)19-9-20(26)18(10-22(19)32)16-13-27-28-14-16/h5-6,9-10,13-14,17,32H,4,7-8,11-12,15H2,1-3H3,(H,27,28)/t17-,24-,25+. The van der Waals surface area contributed by atoms with Crippen molar-refractivity contribution in [3.05, 3.63) is 42.5 Å². The smallest absolute Gasteiger partial charge is 0.151 e. The van der Waals surface area contributed by atoms with Crippen molar-refractivity contribution in [1.82, 2.24) is 20.4 Å². The average Bonchev–Trinajstić information content (AvgIpc) is 3.28. The van der Waals surface area contributed by atoms with Gasteiger partial charge in [-0.25, -0.2) is 4.39 Å². The van der Waals surface area contributed by atoms with Crippen LogP contribution < -0.4 is 4.90 Å². The van der Waals surface area contributed by atoms with Gasteiger partial charge in [-0.1, -0.05) is 20.3 Å². The van der Waals surface area contributed by atoms with Crippen molar-refractivity contribution in [3.63, 3.8) is 0 Å². The fraction of sp³-hybridized carbons (Fsp3) is 0.480. The second-order valence-corrected chi connectivity index (χ2v) is 10.4. The maximum Gasteiger partial charge on any atom is 0.151 e. The van der Waals surface area contributed by atoms with Gasteiger partial charge in [0.25, 0.3) is 0 Å². The first-order valence-corrected chi connectivity index (χ1v) is 11.3. The summed E-state index contributed by atoms with van der Waals surface area (Å²) in [7, 11) is 2.10. The van der Waals surface area contributed by atoms with Gasteiger partial charge >= 0.3 is 0 Å². The van der Waals surface area contributed by atoms with E-state index >= 15 is 0 Å². The zero-order valence-corrected chi connectivity index (χ0v) is 18.9. The van der Waals surface area contributed by atoms with Crippen molar-refractivity contribution >= 4 is 5.82 Å². The fourth-order valence-corrected chi connectivity index (χ4v) is 6.21. The molecule has 0 unspecified atom stereocenters. The Bertz CT molecular complexity index is 1100. The van der Waals surface area contributed by atoms with Gasteiger partial charge in [0.1, 0.15) is 11.6 Å². The summed E-state index contributed by atoms with van der Waals surface area (Å²) >= 11 is 0. The predicted molar refractivity (Wildman–Crippen MR) is 123 cm³/mol. The molecule has 2 N–H and O–H groups in total. The van der Waals surface area contributed by atoms with Gasteiger partial charge in [-0.05, 0) is 67.2 Å². The summed E-state index contributed by atoms with van der Waals surface area (Å²) in [6.45, 7) is 4.87. The molecule has 0 radical (unpaired) electrons. The number of hydrogen-bond acceptors (Lipinski definition) is 5. The molecule has 2 heterocycles. The zero-order chi connectivity index (χ0) is 22.5. The van der Waals surface area contributed by atoms with Gasteiger partial charge in [-0.2, -0.15) is 5.10 Å².